The maximum Gasteiger partial charge on any atom is 0.311 e. The van der Waals surface area contributed by atoms with E-state index >= 15 is 0 Å². The number of ether oxygens (including phenoxy) is 1. The second-order valence-corrected chi connectivity index (χ2v) is 11.7. The summed E-state index contributed by atoms with van der Waals surface area (Å²) in [5.74, 6) is -0.238. The second kappa shape index (κ2) is 17.5. The summed E-state index contributed by atoms with van der Waals surface area (Å²) in [6.07, 6.45) is 18.8. The summed E-state index contributed by atoms with van der Waals surface area (Å²) in [5, 5.41) is 0. The van der Waals surface area contributed by atoms with Crippen LogP contribution >= 0.6 is 0 Å². The van der Waals surface area contributed by atoms with E-state index < -0.39 is 5.54 Å². The standard InChI is InChI=1S/C33H52FN3O3/c1-2-3-4-5-6-7-8-9-11-16-31(38)40-30(28-17-19-29(34)20-18-28)15-14-23-36-26-21-33(22-27-36,32(35)39)37-24-12-10-13-25-37/h15,17-20H,2-14,16,21-27H2,1H3,(H2,35,39)/b30-15-. The van der Waals surface area contributed by atoms with Gasteiger partial charge in [0, 0.05) is 31.6 Å². The third kappa shape index (κ3) is 10.3. The van der Waals surface area contributed by atoms with Gasteiger partial charge in [-0.25, -0.2) is 4.39 Å². The number of carbonyl (C=O) groups is 2. The highest BCUT2D eigenvalue weighted by Crippen LogP contribution is 2.31. The monoisotopic (exact) mass is 557 g/mol. The first-order valence-corrected chi connectivity index (χ1v) is 15.9. The van der Waals surface area contributed by atoms with Crippen LogP contribution in [0.25, 0.3) is 5.76 Å². The molecule has 3 rings (SSSR count). The van der Waals surface area contributed by atoms with E-state index in [1.807, 2.05) is 6.08 Å². The van der Waals surface area contributed by atoms with Crippen molar-refractivity contribution in [3.05, 3.63) is 41.7 Å². The number of amides is 1. The van der Waals surface area contributed by atoms with E-state index in [0.717, 1.165) is 77.7 Å². The molecule has 40 heavy (non-hydrogen) atoms. The van der Waals surface area contributed by atoms with E-state index in [-0.39, 0.29) is 17.7 Å². The lowest BCUT2D eigenvalue weighted by atomic mass is 9.83. The third-order valence-corrected chi connectivity index (χ3v) is 8.72. The van der Waals surface area contributed by atoms with Crippen molar-refractivity contribution < 1.29 is 18.7 Å². The topological polar surface area (TPSA) is 75.9 Å². The number of esters is 1. The largest absolute Gasteiger partial charge is 0.426 e. The summed E-state index contributed by atoms with van der Waals surface area (Å²) in [4.78, 5) is 29.9. The SMILES string of the molecule is CCCCCCCCCCCC(=O)O/C(=C\CCN1CCC(C(N)=O)(N2CCCCC2)CC1)c1ccc(F)cc1. The molecule has 0 saturated carbocycles. The Kier molecular flexibility index (Phi) is 14.1. The quantitative estimate of drug-likeness (QED) is 0.129. The lowest BCUT2D eigenvalue weighted by Crippen LogP contribution is -2.63. The number of nitrogens with zero attached hydrogens (tertiary/aromatic N) is 2. The van der Waals surface area contributed by atoms with Gasteiger partial charge in [0.2, 0.25) is 5.91 Å². The van der Waals surface area contributed by atoms with Crippen LogP contribution in [0, 0.1) is 5.82 Å². The number of carbonyl (C=O) groups excluding carboxylic acids is 2. The van der Waals surface area contributed by atoms with Crippen molar-refractivity contribution in [2.45, 2.75) is 115 Å². The number of benzene rings is 1. The Bertz CT molecular complexity index is 919. The molecule has 0 spiro atoms. The zero-order valence-corrected chi connectivity index (χ0v) is 24.8. The van der Waals surface area contributed by atoms with Gasteiger partial charge in [-0.2, -0.15) is 0 Å². The molecule has 1 amide bonds. The Balaban J connectivity index is 1.46. The Morgan fingerprint density at radius 3 is 2.10 bits per heavy atom. The molecule has 2 N–H and O–H groups in total. The lowest BCUT2D eigenvalue weighted by Gasteiger charge is -2.48. The molecule has 224 valence electrons. The van der Waals surface area contributed by atoms with Gasteiger partial charge in [0.1, 0.15) is 17.1 Å². The Labute approximate surface area is 241 Å². The maximum atomic E-state index is 13.5. The van der Waals surface area contributed by atoms with Crippen molar-refractivity contribution in [1.29, 1.82) is 0 Å². The summed E-state index contributed by atoms with van der Waals surface area (Å²) >= 11 is 0. The van der Waals surface area contributed by atoms with Gasteiger partial charge in [-0.1, -0.05) is 64.7 Å². The molecule has 1 aromatic carbocycles. The van der Waals surface area contributed by atoms with Crippen molar-refractivity contribution in [2.24, 2.45) is 5.73 Å². The molecule has 0 unspecified atom stereocenters. The summed E-state index contributed by atoms with van der Waals surface area (Å²) in [7, 11) is 0. The summed E-state index contributed by atoms with van der Waals surface area (Å²) in [5.41, 5.74) is 6.13. The number of nitrogens with two attached hydrogens (primary N) is 1. The first kappa shape index (κ1) is 32.3. The van der Waals surface area contributed by atoms with E-state index in [0.29, 0.717) is 24.2 Å². The lowest BCUT2D eigenvalue weighted by molar-refractivity contribution is -0.137. The van der Waals surface area contributed by atoms with Crippen molar-refractivity contribution in [3.8, 4) is 0 Å². The molecule has 0 aromatic heterocycles. The smallest absolute Gasteiger partial charge is 0.311 e. The Morgan fingerprint density at radius 2 is 1.50 bits per heavy atom. The van der Waals surface area contributed by atoms with Crippen LogP contribution in [0.5, 0.6) is 0 Å². The molecule has 6 nitrogen and oxygen atoms in total. The number of halogens is 1. The highest BCUT2D eigenvalue weighted by molar-refractivity contribution is 5.85. The van der Waals surface area contributed by atoms with Crippen LogP contribution in [0.4, 0.5) is 4.39 Å². The van der Waals surface area contributed by atoms with Crippen LogP contribution < -0.4 is 5.73 Å². The number of unbranched alkanes of at least 4 members (excludes halogenated alkanes) is 8. The normalized spacial score (nSPS) is 18.5. The van der Waals surface area contributed by atoms with Crippen LogP contribution in [0.15, 0.2) is 30.3 Å². The summed E-state index contributed by atoms with van der Waals surface area (Å²) in [6, 6.07) is 6.11. The molecule has 2 aliphatic heterocycles. The molecule has 7 heteroatoms. The number of hydrogen-bond donors (Lipinski definition) is 1. The zero-order valence-electron chi connectivity index (χ0n) is 24.8. The van der Waals surface area contributed by atoms with Gasteiger partial charge in [0.05, 0.1) is 0 Å². The molecule has 1 aromatic rings. The van der Waals surface area contributed by atoms with Gasteiger partial charge >= 0.3 is 5.97 Å². The van der Waals surface area contributed by atoms with Crippen molar-refractivity contribution in [3.63, 3.8) is 0 Å². The van der Waals surface area contributed by atoms with Crippen LogP contribution in [0.2, 0.25) is 0 Å². The van der Waals surface area contributed by atoms with Crippen LogP contribution in [-0.2, 0) is 14.3 Å². The molecule has 0 aliphatic carbocycles. The fourth-order valence-electron chi connectivity index (χ4n) is 6.15. The highest BCUT2D eigenvalue weighted by Gasteiger charge is 2.44. The first-order chi connectivity index (χ1) is 19.4. The Hall–Kier alpha value is -2.25. The van der Waals surface area contributed by atoms with Gasteiger partial charge in [-0.15, -0.1) is 0 Å². The predicted molar refractivity (Wildman–Crippen MR) is 160 cm³/mol. The molecule has 2 fully saturated rings. The second-order valence-electron chi connectivity index (χ2n) is 11.7. The van der Waals surface area contributed by atoms with Gasteiger partial charge < -0.3 is 15.4 Å². The number of hydrogen-bond acceptors (Lipinski definition) is 5. The van der Waals surface area contributed by atoms with Gasteiger partial charge in [0.15, 0.2) is 0 Å². The van der Waals surface area contributed by atoms with Crippen molar-refractivity contribution in [1.82, 2.24) is 9.80 Å². The summed E-state index contributed by atoms with van der Waals surface area (Å²) < 4.78 is 19.3. The van der Waals surface area contributed by atoms with Crippen molar-refractivity contribution >= 4 is 17.6 Å². The molecular formula is C33H52FN3O3. The van der Waals surface area contributed by atoms with Gasteiger partial charge in [-0.3, -0.25) is 14.5 Å². The molecule has 2 heterocycles. The number of rotatable bonds is 17. The minimum absolute atomic E-state index is 0.188. The van der Waals surface area contributed by atoms with Gasteiger partial charge in [-0.05, 0) is 82.0 Å². The molecule has 2 saturated heterocycles. The minimum atomic E-state index is -0.517. The van der Waals surface area contributed by atoms with Crippen LogP contribution in [0.1, 0.15) is 115 Å². The van der Waals surface area contributed by atoms with E-state index in [1.165, 1.54) is 57.1 Å². The predicted octanol–water partition coefficient (Wildman–Crippen LogP) is 6.83. The number of likely N-dealkylation sites (tertiary alicyclic amines) is 2. The van der Waals surface area contributed by atoms with Crippen LogP contribution in [0.3, 0.4) is 0 Å². The Morgan fingerprint density at radius 1 is 0.900 bits per heavy atom. The highest BCUT2D eigenvalue weighted by atomic mass is 19.1. The van der Waals surface area contributed by atoms with Crippen molar-refractivity contribution in [2.75, 3.05) is 32.7 Å². The molecular weight excluding hydrogens is 505 g/mol. The number of primary amides is 1. The number of piperidine rings is 2. The van der Waals surface area contributed by atoms with E-state index in [1.54, 1.807) is 12.1 Å². The fourth-order valence-corrected chi connectivity index (χ4v) is 6.15. The van der Waals surface area contributed by atoms with Crippen LogP contribution in [-0.4, -0.2) is 59.9 Å². The fraction of sp³-hybridized carbons (Fsp3) is 0.697. The molecule has 2 aliphatic rings. The van der Waals surface area contributed by atoms with E-state index in [4.69, 9.17) is 10.5 Å². The molecule has 0 bridgehead atoms. The molecule has 0 radical (unpaired) electrons. The van der Waals surface area contributed by atoms with Gasteiger partial charge in [0.25, 0.3) is 0 Å². The minimum Gasteiger partial charge on any atom is -0.426 e. The average molecular weight is 558 g/mol. The molecule has 0 atom stereocenters. The zero-order chi connectivity index (χ0) is 28.6. The summed E-state index contributed by atoms with van der Waals surface area (Å²) in [6.45, 7) is 6.58. The average Bonchev–Trinajstić information content (AvgIpc) is 2.97. The first-order valence-electron chi connectivity index (χ1n) is 15.9. The maximum absolute atomic E-state index is 13.5. The van der Waals surface area contributed by atoms with E-state index in [9.17, 15) is 14.0 Å². The third-order valence-electron chi connectivity index (χ3n) is 8.72. The van der Waals surface area contributed by atoms with E-state index in [2.05, 4.69) is 16.7 Å².